The number of amides is 2. The lowest BCUT2D eigenvalue weighted by atomic mass is 9.75. The highest BCUT2D eigenvalue weighted by molar-refractivity contribution is 6.43. The quantitative estimate of drug-likeness (QED) is 0.0462. The van der Waals surface area contributed by atoms with E-state index in [1.54, 1.807) is 17.6 Å². The Labute approximate surface area is 214 Å². The second-order valence-electron chi connectivity index (χ2n) is 8.89. The third-order valence-corrected chi connectivity index (χ3v) is 5.33. The molecule has 2 rings (SSSR count). The lowest BCUT2D eigenvalue weighted by molar-refractivity contribution is -0.525. The largest absolute Gasteiger partial charge is 0.484 e. The van der Waals surface area contributed by atoms with E-state index in [9.17, 15) is 29.8 Å². The Balaban J connectivity index is 1.99. The van der Waals surface area contributed by atoms with Gasteiger partial charge in [-0.05, 0) is 48.1 Å². The van der Waals surface area contributed by atoms with Crippen LogP contribution in [0.25, 0.3) is 10.8 Å². The maximum Gasteiger partial charge on any atom is 0.475 e. The number of hydrogen-bond donors (Lipinski definition) is 7. The maximum absolute atomic E-state index is 12.9. The standard InChI is InChI=1S/C23H33BN6O7/c1-15(2)12-20(24(33)34)28-22(32)19(8-5-11-26-23(25)29-30(35)36)27-21(31)14-37-18-10-9-16-6-3-4-7-17(16)13-18/h3-4,6-7,9-10,13,15,19-20,33-34H,5,8,11-12,14H2,1-2H3,(H,27,31)(H,28,32)(H3,25,26,29)/t19-,20-/m0/s1. The number of nitrogens with zero attached hydrogens (tertiary/aromatic N) is 1. The average molecular weight is 516 g/mol. The van der Waals surface area contributed by atoms with Gasteiger partial charge in [0.05, 0.1) is 5.94 Å². The minimum absolute atomic E-state index is 0.0693. The molecule has 200 valence electrons. The summed E-state index contributed by atoms with van der Waals surface area (Å²) in [6, 6.07) is 12.0. The zero-order chi connectivity index (χ0) is 27.4. The predicted molar refractivity (Wildman–Crippen MR) is 138 cm³/mol. The summed E-state index contributed by atoms with van der Waals surface area (Å²) < 4.78 is 5.59. The van der Waals surface area contributed by atoms with Gasteiger partial charge in [0.2, 0.25) is 5.91 Å². The molecule has 0 aliphatic rings. The number of ether oxygens (including phenoxy) is 1. The highest BCUT2D eigenvalue weighted by Crippen LogP contribution is 2.20. The summed E-state index contributed by atoms with van der Waals surface area (Å²) in [5.74, 6) is -2.07. The van der Waals surface area contributed by atoms with Crippen molar-refractivity contribution in [3.63, 3.8) is 0 Å². The fourth-order valence-electron chi connectivity index (χ4n) is 3.61. The Morgan fingerprint density at radius 2 is 1.84 bits per heavy atom. The molecule has 0 unspecified atom stereocenters. The van der Waals surface area contributed by atoms with Crippen molar-refractivity contribution in [2.45, 2.75) is 45.1 Å². The normalized spacial score (nSPS) is 12.4. The molecule has 7 N–H and O–H groups in total. The third kappa shape index (κ3) is 10.7. The molecule has 0 aliphatic carbocycles. The number of nitro groups is 1. The molecular weight excluding hydrogens is 483 g/mol. The number of hydrazine groups is 1. The second-order valence-corrected chi connectivity index (χ2v) is 8.89. The number of carbonyl (C=O) groups excluding carboxylic acids is 2. The highest BCUT2D eigenvalue weighted by atomic mass is 16.7. The first-order chi connectivity index (χ1) is 17.5. The van der Waals surface area contributed by atoms with Crippen molar-refractivity contribution in [2.24, 2.45) is 5.92 Å². The van der Waals surface area contributed by atoms with Gasteiger partial charge in [0, 0.05) is 6.54 Å². The summed E-state index contributed by atoms with van der Waals surface area (Å²) in [7, 11) is -1.78. The third-order valence-electron chi connectivity index (χ3n) is 5.33. The summed E-state index contributed by atoms with van der Waals surface area (Å²) in [6.45, 7) is 3.50. The Morgan fingerprint density at radius 3 is 2.49 bits per heavy atom. The van der Waals surface area contributed by atoms with Crippen molar-refractivity contribution in [2.75, 3.05) is 13.2 Å². The van der Waals surface area contributed by atoms with Crippen molar-refractivity contribution < 1.29 is 29.4 Å². The van der Waals surface area contributed by atoms with E-state index >= 15 is 0 Å². The first kappa shape index (κ1) is 29.3. The van der Waals surface area contributed by atoms with Crippen LogP contribution in [0.4, 0.5) is 0 Å². The summed E-state index contributed by atoms with van der Waals surface area (Å²) in [5.41, 5.74) is 1.66. The fraction of sp³-hybridized carbons (Fsp3) is 0.435. The molecule has 0 spiro atoms. The van der Waals surface area contributed by atoms with Gasteiger partial charge < -0.3 is 30.7 Å². The van der Waals surface area contributed by atoms with Crippen LogP contribution in [0.2, 0.25) is 0 Å². The number of guanidine groups is 1. The van der Waals surface area contributed by atoms with Crippen LogP contribution >= 0.6 is 0 Å². The van der Waals surface area contributed by atoms with E-state index < -0.39 is 41.9 Å². The maximum atomic E-state index is 12.9. The molecular formula is C23H33BN6O7. The molecule has 2 atom stereocenters. The molecule has 0 aromatic heterocycles. The van der Waals surface area contributed by atoms with E-state index in [0.29, 0.717) is 12.2 Å². The monoisotopic (exact) mass is 516 g/mol. The molecule has 2 aromatic carbocycles. The molecule has 14 heteroatoms. The van der Waals surface area contributed by atoms with Gasteiger partial charge in [-0.3, -0.25) is 15.0 Å². The van der Waals surface area contributed by atoms with Crippen LogP contribution in [-0.4, -0.2) is 65.1 Å². The van der Waals surface area contributed by atoms with E-state index in [4.69, 9.17) is 10.1 Å². The minimum atomic E-state index is -1.78. The van der Waals surface area contributed by atoms with Crippen molar-refractivity contribution in [1.82, 2.24) is 21.4 Å². The van der Waals surface area contributed by atoms with Crippen LogP contribution in [0.15, 0.2) is 42.5 Å². The lowest BCUT2D eigenvalue weighted by Crippen LogP contribution is -2.55. The average Bonchev–Trinajstić information content (AvgIpc) is 2.83. The number of rotatable bonds is 14. The summed E-state index contributed by atoms with van der Waals surface area (Å²) in [6.07, 6.45) is 0.685. The van der Waals surface area contributed by atoms with E-state index in [2.05, 4.69) is 16.0 Å². The fourth-order valence-corrected chi connectivity index (χ4v) is 3.61. The second kappa shape index (κ2) is 14.6. The molecule has 0 aliphatic heterocycles. The Hall–Kier alpha value is -3.91. The number of nitrogens with one attached hydrogen (secondary N) is 5. The first-order valence-corrected chi connectivity index (χ1v) is 11.9. The first-order valence-electron chi connectivity index (χ1n) is 11.9. The van der Waals surface area contributed by atoms with E-state index in [1.807, 2.05) is 44.2 Å². The minimum Gasteiger partial charge on any atom is -0.484 e. The van der Waals surface area contributed by atoms with Crippen molar-refractivity contribution >= 4 is 35.7 Å². The summed E-state index contributed by atoms with van der Waals surface area (Å²) in [4.78, 5) is 35.9. The zero-order valence-electron chi connectivity index (χ0n) is 20.8. The van der Waals surface area contributed by atoms with Crippen LogP contribution < -0.4 is 26.1 Å². The molecule has 0 saturated carbocycles. The molecule has 2 aromatic rings. The highest BCUT2D eigenvalue weighted by Gasteiger charge is 2.29. The molecule has 0 heterocycles. The molecule has 0 saturated heterocycles. The number of carbonyl (C=O) groups is 2. The Kier molecular flexibility index (Phi) is 11.6. The lowest BCUT2D eigenvalue weighted by Gasteiger charge is -2.24. The van der Waals surface area contributed by atoms with Gasteiger partial charge in [-0.25, -0.2) is 10.1 Å². The van der Waals surface area contributed by atoms with Crippen molar-refractivity contribution in [3.05, 3.63) is 52.6 Å². The molecule has 0 radical (unpaired) electrons. The SMILES string of the molecule is CC(C)C[C@H](NC(=O)[C@H](CCCNC(=N)N[N+](=O)[O-])NC(=O)COc1ccc2ccccc2c1)B(O)O. The van der Waals surface area contributed by atoms with Gasteiger partial charge >= 0.3 is 7.12 Å². The van der Waals surface area contributed by atoms with E-state index in [-0.39, 0.29) is 31.9 Å². The van der Waals surface area contributed by atoms with Gasteiger partial charge in [-0.15, -0.1) is 0 Å². The zero-order valence-corrected chi connectivity index (χ0v) is 20.8. The smallest absolute Gasteiger partial charge is 0.475 e. The molecule has 13 nitrogen and oxygen atoms in total. The van der Waals surface area contributed by atoms with Crippen molar-refractivity contribution in [3.8, 4) is 5.75 Å². The predicted octanol–water partition coefficient (Wildman–Crippen LogP) is 0.332. The van der Waals surface area contributed by atoms with Gasteiger partial charge in [0.15, 0.2) is 11.6 Å². The number of fused-ring (bicyclic) bond motifs is 1. The van der Waals surface area contributed by atoms with Crippen LogP contribution in [-0.2, 0) is 9.59 Å². The topological polar surface area (TPSA) is 199 Å². The van der Waals surface area contributed by atoms with E-state index in [0.717, 1.165) is 10.8 Å². The van der Waals surface area contributed by atoms with Crippen LogP contribution in [0.5, 0.6) is 5.75 Å². The summed E-state index contributed by atoms with van der Waals surface area (Å²) in [5, 5.41) is 45.8. The number of benzene rings is 2. The van der Waals surface area contributed by atoms with Crippen LogP contribution in [0.3, 0.4) is 0 Å². The van der Waals surface area contributed by atoms with Gasteiger partial charge in [-0.1, -0.05) is 49.6 Å². The van der Waals surface area contributed by atoms with Gasteiger partial charge in [-0.2, -0.15) is 0 Å². The van der Waals surface area contributed by atoms with Gasteiger partial charge in [0.25, 0.3) is 11.9 Å². The van der Waals surface area contributed by atoms with Crippen LogP contribution in [0, 0.1) is 21.4 Å². The van der Waals surface area contributed by atoms with E-state index in [1.165, 1.54) is 0 Å². The molecule has 37 heavy (non-hydrogen) atoms. The van der Waals surface area contributed by atoms with Crippen LogP contribution in [0.1, 0.15) is 33.1 Å². The van der Waals surface area contributed by atoms with Crippen molar-refractivity contribution in [1.29, 1.82) is 5.41 Å². The number of hydrogen-bond acceptors (Lipinski definition) is 8. The summed E-state index contributed by atoms with van der Waals surface area (Å²) >= 11 is 0. The molecule has 0 bridgehead atoms. The Morgan fingerprint density at radius 1 is 1.14 bits per heavy atom. The molecule has 2 amide bonds. The van der Waals surface area contributed by atoms with Gasteiger partial charge in [0.1, 0.15) is 11.8 Å². The Bertz CT molecular complexity index is 1080. The molecule has 0 fully saturated rings.